The Kier molecular flexibility index (Phi) is 4.83. The minimum absolute atomic E-state index is 0.0584. The molecule has 1 aromatic carbocycles. The van der Waals surface area contributed by atoms with E-state index >= 15 is 0 Å². The summed E-state index contributed by atoms with van der Waals surface area (Å²) >= 11 is 1.52. The molecular weight excluding hydrogens is 312 g/mol. The van der Waals surface area contributed by atoms with Crippen LogP contribution in [0.25, 0.3) is 0 Å². The normalized spacial score (nSPS) is 18.6. The summed E-state index contributed by atoms with van der Waals surface area (Å²) in [6, 6.07) is 9.41. The highest BCUT2D eigenvalue weighted by atomic mass is 32.1. The molecule has 122 valence electrons. The minimum Gasteiger partial charge on any atom is -0.493 e. The molecule has 23 heavy (non-hydrogen) atoms. The average Bonchev–Trinajstić information content (AvgIpc) is 3.21. The molecule has 0 bridgehead atoms. The molecule has 0 aliphatic carbocycles. The first-order valence-corrected chi connectivity index (χ1v) is 8.55. The lowest BCUT2D eigenvalue weighted by atomic mass is 9.94. The first-order valence-electron chi connectivity index (χ1n) is 7.61. The topological polar surface area (TPSA) is 70.6 Å². The van der Waals surface area contributed by atoms with Crippen LogP contribution in [0.2, 0.25) is 0 Å². The van der Waals surface area contributed by atoms with Gasteiger partial charge in [-0.05, 0) is 35.4 Å². The first kappa shape index (κ1) is 15.8. The first-order chi connectivity index (χ1) is 11.1. The largest absolute Gasteiger partial charge is 0.493 e. The van der Waals surface area contributed by atoms with E-state index in [1.165, 1.54) is 11.3 Å². The maximum absolute atomic E-state index is 12.0. The van der Waals surface area contributed by atoms with Gasteiger partial charge in [-0.25, -0.2) is 4.79 Å². The maximum Gasteiger partial charge on any atom is 0.315 e. The second-order valence-corrected chi connectivity index (χ2v) is 6.45. The summed E-state index contributed by atoms with van der Waals surface area (Å²) in [4.78, 5) is 12.0. The van der Waals surface area contributed by atoms with Crippen LogP contribution >= 0.6 is 11.3 Å². The summed E-state index contributed by atoms with van der Waals surface area (Å²) in [5.41, 5.74) is 1.94. The number of hydrogen-bond acceptors (Lipinski definition) is 4. The molecular formula is C17H20N2O3S. The standard InChI is InChI=1S/C17H20N2O3S/c1-11(14-9-22-16-5-3-2-4-13(14)16)19-17(21)18-8-15(20)12-6-7-23-10-12/h2-7,10-11,14-15,20H,8-9H2,1H3,(H2,18,19,21). The molecule has 2 amide bonds. The summed E-state index contributed by atoms with van der Waals surface area (Å²) in [5.74, 6) is 1.03. The highest BCUT2D eigenvalue weighted by Gasteiger charge is 2.29. The van der Waals surface area contributed by atoms with Gasteiger partial charge in [0.15, 0.2) is 0 Å². The van der Waals surface area contributed by atoms with Gasteiger partial charge < -0.3 is 20.5 Å². The fraction of sp³-hybridized carbons (Fsp3) is 0.353. The highest BCUT2D eigenvalue weighted by molar-refractivity contribution is 7.07. The zero-order valence-electron chi connectivity index (χ0n) is 12.9. The molecule has 3 unspecified atom stereocenters. The predicted octanol–water partition coefficient (Wildman–Crippen LogP) is 2.65. The van der Waals surface area contributed by atoms with Crippen LogP contribution in [0.4, 0.5) is 4.79 Å². The van der Waals surface area contributed by atoms with Crippen LogP contribution in [0.15, 0.2) is 41.1 Å². The van der Waals surface area contributed by atoms with E-state index in [4.69, 9.17) is 4.74 Å². The van der Waals surface area contributed by atoms with E-state index in [0.717, 1.165) is 16.9 Å². The monoisotopic (exact) mass is 332 g/mol. The zero-order valence-corrected chi connectivity index (χ0v) is 13.7. The zero-order chi connectivity index (χ0) is 16.2. The molecule has 5 nitrogen and oxygen atoms in total. The Morgan fingerprint density at radius 1 is 1.43 bits per heavy atom. The number of benzene rings is 1. The number of urea groups is 1. The van der Waals surface area contributed by atoms with Crippen molar-refractivity contribution >= 4 is 17.4 Å². The number of aliphatic hydroxyl groups excluding tert-OH is 1. The summed E-state index contributed by atoms with van der Waals surface area (Å²) in [6.45, 7) is 2.72. The molecule has 3 N–H and O–H groups in total. The van der Waals surface area contributed by atoms with Gasteiger partial charge in [-0.1, -0.05) is 18.2 Å². The molecule has 0 fully saturated rings. The molecule has 0 radical (unpaired) electrons. The molecule has 3 atom stereocenters. The van der Waals surface area contributed by atoms with E-state index in [0.29, 0.717) is 6.61 Å². The third kappa shape index (κ3) is 3.65. The molecule has 3 rings (SSSR count). The van der Waals surface area contributed by atoms with Crippen molar-refractivity contribution in [3.8, 4) is 5.75 Å². The molecule has 0 saturated carbocycles. The number of ether oxygens (including phenoxy) is 1. The third-order valence-corrected chi connectivity index (χ3v) is 4.78. The van der Waals surface area contributed by atoms with E-state index in [9.17, 15) is 9.90 Å². The van der Waals surface area contributed by atoms with Gasteiger partial charge in [-0.15, -0.1) is 0 Å². The summed E-state index contributed by atoms with van der Waals surface area (Å²) in [7, 11) is 0. The number of para-hydroxylation sites is 1. The predicted molar refractivity (Wildman–Crippen MR) is 90.0 cm³/mol. The van der Waals surface area contributed by atoms with Crippen molar-refractivity contribution in [2.75, 3.05) is 13.2 Å². The number of nitrogens with one attached hydrogen (secondary N) is 2. The van der Waals surface area contributed by atoms with Crippen molar-refractivity contribution < 1.29 is 14.6 Å². The average molecular weight is 332 g/mol. The van der Waals surface area contributed by atoms with Crippen LogP contribution in [0.1, 0.15) is 30.1 Å². The van der Waals surface area contributed by atoms with Gasteiger partial charge in [-0.2, -0.15) is 11.3 Å². The quantitative estimate of drug-likeness (QED) is 0.788. The van der Waals surface area contributed by atoms with Crippen molar-refractivity contribution in [2.45, 2.75) is 25.0 Å². The molecule has 0 spiro atoms. The van der Waals surface area contributed by atoms with Crippen LogP contribution < -0.4 is 15.4 Å². The Bertz CT molecular complexity index is 660. The number of aliphatic hydroxyl groups is 1. The van der Waals surface area contributed by atoms with Gasteiger partial charge in [0.25, 0.3) is 0 Å². The summed E-state index contributed by atoms with van der Waals surface area (Å²) < 4.78 is 5.65. The molecule has 0 saturated heterocycles. The van der Waals surface area contributed by atoms with Crippen molar-refractivity contribution in [3.05, 3.63) is 52.2 Å². The van der Waals surface area contributed by atoms with Gasteiger partial charge in [0, 0.05) is 24.1 Å². The SMILES string of the molecule is CC(NC(=O)NCC(O)c1ccsc1)C1COc2ccccc21. The number of hydrogen-bond donors (Lipinski definition) is 3. The van der Waals surface area contributed by atoms with Crippen molar-refractivity contribution in [1.82, 2.24) is 10.6 Å². The van der Waals surface area contributed by atoms with Crippen molar-refractivity contribution in [1.29, 1.82) is 0 Å². The van der Waals surface area contributed by atoms with Gasteiger partial charge in [0.1, 0.15) is 5.75 Å². The number of carbonyl (C=O) groups excluding carboxylic acids is 1. The van der Waals surface area contributed by atoms with E-state index in [2.05, 4.69) is 10.6 Å². The smallest absolute Gasteiger partial charge is 0.315 e. The number of rotatable bonds is 5. The van der Waals surface area contributed by atoms with Gasteiger partial charge in [0.05, 0.1) is 12.7 Å². The van der Waals surface area contributed by atoms with E-state index in [-0.39, 0.29) is 24.5 Å². The van der Waals surface area contributed by atoms with E-state index in [1.807, 2.05) is 48.0 Å². The van der Waals surface area contributed by atoms with Crippen LogP contribution in [-0.4, -0.2) is 30.3 Å². The van der Waals surface area contributed by atoms with Crippen LogP contribution in [0.3, 0.4) is 0 Å². The van der Waals surface area contributed by atoms with Crippen LogP contribution in [0, 0.1) is 0 Å². The molecule has 2 aromatic rings. The number of thiophene rings is 1. The lowest BCUT2D eigenvalue weighted by molar-refractivity contribution is 0.172. The van der Waals surface area contributed by atoms with Gasteiger partial charge >= 0.3 is 6.03 Å². The Morgan fingerprint density at radius 3 is 3.04 bits per heavy atom. The summed E-state index contributed by atoms with van der Waals surface area (Å²) in [6.07, 6.45) is -0.683. The second-order valence-electron chi connectivity index (χ2n) is 5.67. The molecule has 2 heterocycles. The van der Waals surface area contributed by atoms with Crippen molar-refractivity contribution in [3.63, 3.8) is 0 Å². The third-order valence-electron chi connectivity index (χ3n) is 4.08. The van der Waals surface area contributed by atoms with Crippen LogP contribution in [-0.2, 0) is 0 Å². The van der Waals surface area contributed by atoms with E-state index in [1.54, 1.807) is 0 Å². The fourth-order valence-electron chi connectivity index (χ4n) is 2.73. The number of carbonyl (C=O) groups is 1. The Hall–Kier alpha value is -2.05. The lowest BCUT2D eigenvalue weighted by Crippen LogP contribution is -2.44. The van der Waals surface area contributed by atoms with Crippen LogP contribution in [0.5, 0.6) is 5.75 Å². The Balaban J connectivity index is 1.50. The maximum atomic E-state index is 12.0. The highest BCUT2D eigenvalue weighted by Crippen LogP contribution is 2.35. The Morgan fingerprint density at radius 2 is 2.26 bits per heavy atom. The van der Waals surface area contributed by atoms with Crippen molar-refractivity contribution in [2.24, 2.45) is 0 Å². The molecule has 1 aromatic heterocycles. The second kappa shape index (κ2) is 7.02. The van der Waals surface area contributed by atoms with Gasteiger partial charge in [-0.3, -0.25) is 0 Å². The Labute approximate surface area is 139 Å². The minimum atomic E-state index is -0.683. The van der Waals surface area contributed by atoms with Gasteiger partial charge in [0.2, 0.25) is 0 Å². The molecule has 1 aliphatic heterocycles. The number of fused-ring (bicyclic) bond motifs is 1. The van der Waals surface area contributed by atoms with E-state index < -0.39 is 6.10 Å². The fourth-order valence-corrected chi connectivity index (χ4v) is 3.44. The lowest BCUT2D eigenvalue weighted by Gasteiger charge is -2.20. The molecule has 6 heteroatoms. The molecule has 1 aliphatic rings. The summed E-state index contributed by atoms with van der Waals surface area (Å²) in [5, 5.41) is 19.4. The number of amides is 2.